The summed E-state index contributed by atoms with van der Waals surface area (Å²) in [7, 11) is 0. The molecule has 0 aliphatic heterocycles. The van der Waals surface area contributed by atoms with Gasteiger partial charge in [0.1, 0.15) is 11.8 Å². The van der Waals surface area contributed by atoms with E-state index >= 15 is 0 Å². The summed E-state index contributed by atoms with van der Waals surface area (Å²) < 4.78 is 4.83. The lowest BCUT2D eigenvalue weighted by atomic mass is 9.86. The van der Waals surface area contributed by atoms with Gasteiger partial charge in [-0.1, -0.05) is 11.2 Å². The molecule has 0 aliphatic carbocycles. The highest BCUT2D eigenvalue weighted by atomic mass is 16.5. The fraction of sp³-hybridized carbons (Fsp3) is 0.273. The highest BCUT2D eigenvalue weighted by Crippen LogP contribution is 2.25. The lowest BCUT2D eigenvalue weighted by Crippen LogP contribution is -2.13. The average molecular weight is 186 g/mol. The summed E-state index contributed by atoms with van der Waals surface area (Å²) in [5.74, 6) is 0. The predicted molar refractivity (Wildman–Crippen MR) is 52.6 cm³/mol. The Morgan fingerprint density at radius 2 is 2.21 bits per heavy atom. The summed E-state index contributed by atoms with van der Waals surface area (Å²) in [4.78, 5) is 0. The van der Waals surface area contributed by atoms with Crippen molar-refractivity contribution in [3.8, 4) is 6.07 Å². The molecule has 0 fully saturated rings. The lowest BCUT2D eigenvalue weighted by Gasteiger charge is -2.14. The second kappa shape index (κ2) is 2.85. The van der Waals surface area contributed by atoms with E-state index in [1.807, 2.05) is 32.0 Å². The smallest absolute Gasteiger partial charge is 0.131 e. The van der Waals surface area contributed by atoms with Crippen LogP contribution < -0.4 is 0 Å². The van der Waals surface area contributed by atoms with E-state index in [9.17, 15) is 0 Å². The highest BCUT2D eigenvalue weighted by Gasteiger charge is 2.20. The molecule has 3 nitrogen and oxygen atoms in total. The van der Waals surface area contributed by atoms with E-state index in [-0.39, 0.29) is 0 Å². The topological polar surface area (TPSA) is 49.8 Å². The van der Waals surface area contributed by atoms with Crippen molar-refractivity contribution < 1.29 is 4.52 Å². The van der Waals surface area contributed by atoms with Crippen LogP contribution in [0.1, 0.15) is 19.4 Å². The van der Waals surface area contributed by atoms with Gasteiger partial charge < -0.3 is 4.52 Å². The number of hydrogen-bond acceptors (Lipinski definition) is 3. The van der Waals surface area contributed by atoms with E-state index < -0.39 is 5.41 Å². The number of aromatic nitrogens is 1. The van der Waals surface area contributed by atoms with E-state index in [2.05, 4.69) is 11.2 Å². The average Bonchev–Trinajstić information content (AvgIpc) is 2.64. The molecule has 2 rings (SSSR count). The van der Waals surface area contributed by atoms with Crippen molar-refractivity contribution in [2.45, 2.75) is 19.3 Å². The van der Waals surface area contributed by atoms with Crippen molar-refractivity contribution in [2.24, 2.45) is 0 Å². The molecule has 1 heterocycles. The molecular weight excluding hydrogens is 176 g/mol. The molecule has 1 aromatic heterocycles. The summed E-state index contributed by atoms with van der Waals surface area (Å²) in [5, 5.41) is 13.8. The van der Waals surface area contributed by atoms with Crippen molar-refractivity contribution in [1.29, 1.82) is 5.26 Å². The number of rotatable bonds is 1. The Morgan fingerprint density at radius 3 is 2.93 bits per heavy atom. The molecule has 1 aromatic carbocycles. The van der Waals surface area contributed by atoms with Crippen LogP contribution in [0.4, 0.5) is 0 Å². The van der Waals surface area contributed by atoms with Gasteiger partial charge in [0.2, 0.25) is 0 Å². The quantitative estimate of drug-likeness (QED) is 0.687. The predicted octanol–water partition coefficient (Wildman–Crippen LogP) is 2.63. The van der Waals surface area contributed by atoms with Crippen molar-refractivity contribution >= 4 is 10.9 Å². The molecular formula is C11H10N2O. The van der Waals surface area contributed by atoms with Gasteiger partial charge in [0.05, 0.1) is 11.5 Å². The molecule has 2 aromatic rings. The first kappa shape index (κ1) is 8.76. The third kappa shape index (κ3) is 1.25. The molecule has 0 saturated carbocycles. The van der Waals surface area contributed by atoms with Crippen LogP contribution in [-0.2, 0) is 5.41 Å². The number of nitrogens with zero attached hydrogens (tertiary/aromatic N) is 2. The first-order chi connectivity index (χ1) is 6.63. The van der Waals surface area contributed by atoms with E-state index in [0.29, 0.717) is 0 Å². The van der Waals surface area contributed by atoms with Gasteiger partial charge in [-0.25, -0.2) is 0 Å². The number of nitriles is 1. The summed E-state index contributed by atoms with van der Waals surface area (Å²) >= 11 is 0. The third-order valence-corrected chi connectivity index (χ3v) is 2.36. The molecule has 0 saturated heterocycles. The highest BCUT2D eigenvalue weighted by molar-refractivity contribution is 5.78. The Balaban J connectivity index is 2.61. The summed E-state index contributed by atoms with van der Waals surface area (Å²) in [6.07, 6.45) is 1.60. The van der Waals surface area contributed by atoms with Gasteiger partial charge in [0, 0.05) is 5.39 Å². The Hall–Kier alpha value is -1.82. The summed E-state index contributed by atoms with van der Waals surface area (Å²) in [5.41, 5.74) is 1.28. The first-order valence-corrected chi connectivity index (χ1v) is 4.39. The van der Waals surface area contributed by atoms with Gasteiger partial charge in [-0.3, -0.25) is 0 Å². The van der Waals surface area contributed by atoms with E-state index in [1.165, 1.54) is 0 Å². The molecule has 14 heavy (non-hydrogen) atoms. The largest absolute Gasteiger partial charge is 0.364 e. The normalized spacial score (nSPS) is 11.5. The Labute approximate surface area is 81.9 Å². The fourth-order valence-corrected chi connectivity index (χ4v) is 1.32. The first-order valence-electron chi connectivity index (χ1n) is 4.39. The molecule has 0 aliphatic rings. The molecule has 70 valence electrons. The van der Waals surface area contributed by atoms with Crippen LogP contribution in [0.5, 0.6) is 0 Å². The monoisotopic (exact) mass is 186 g/mol. The molecule has 0 N–H and O–H groups in total. The van der Waals surface area contributed by atoms with Crippen LogP contribution in [0.3, 0.4) is 0 Å². The molecule has 0 radical (unpaired) electrons. The molecule has 0 unspecified atom stereocenters. The zero-order valence-electron chi connectivity index (χ0n) is 8.11. The van der Waals surface area contributed by atoms with Gasteiger partial charge >= 0.3 is 0 Å². The second-order valence-electron chi connectivity index (χ2n) is 3.82. The molecule has 3 heteroatoms. The minimum absolute atomic E-state index is 0.479. The Morgan fingerprint density at radius 1 is 1.43 bits per heavy atom. The van der Waals surface area contributed by atoms with Crippen LogP contribution in [0.25, 0.3) is 10.9 Å². The minimum atomic E-state index is -0.479. The summed E-state index contributed by atoms with van der Waals surface area (Å²) in [6.45, 7) is 3.77. The number of hydrogen-bond donors (Lipinski definition) is 0. The molecule has 0 spiro atoms. The van der Waals surface area contributed by atoms with Crippen LogP contribution in [0, 0.1) is 11.3 Å². The van der Waals surface area contributed by atoms with Gasteiger partial charge in [0.15, 0.2) is 0 Å². The van der Waals surface area contributed by atoms with Gasteiger partial charge in [-0.15, -0.1) is 0 Å². The number of benzene rings is 1. The maximum absolute atomic E-state index is 8.98. The van der Waals surface area contributed by atoms with Gasteiger partial charge in [-0.05, 0) is 31.5 Å². The molecule has 0 bridgehead atoms. The van der Waals surface area contributed by atoms with E-state index in [1.54, 1.807) is 6.26 Å². The lowest BCUT2D eigenvalue weighted by molar-refractivity contribution is 0.428. The molecule has 0 amide bonds. The van der Waals surface area contributed by atoms with Gasteiger partial charge in [-0.2, -0.15) is 5.26 Å². The van der Waals surface area contributed by atoms with Gasteiger partial charge in [0.25, 0.3) is 0 Å². The van der Waals surface area contributed by atoms with E-state index in [4.69, 9.17) is 9.78 Å². The van der Waals surface area contributed by atoms with Crippen LogP contribution in [-0.4, -0.2) is 5.16 Å². The van der Waals surface area contributed by atoms with Crippen molar-refractivity contribution in [3.63, 3.8) is 0 Å². The fourth-order valence-electron chi connectivity index (χ4n) is 1.32. The van der Waals surface area contributed by atoms with Crippen LogP contribution in [0.15, 0.2) is 29.0 Å². The van der Waals surface area contributed by atoms with Crippen LogP contribution >= 0.6 is 0 Å². The Kier molecular flexibility index (Phi) is 1.78. The zero-order valence-corrected chi connectivity index (χ0v) is 8.11. The standard InChI is InChI=1S/C11H10N2O/c1-11(2,7-12)9-4-3-8-6-14-13-10(8)5-9/h3-6H,1-2H3. The maximum atomic E-state index is 8.98. The minimum Gasteiger partial charge on any atom is -0.364 e. The maximum Gasteiger partial charge on any atom is 0.131 e. The zero-order chi connectivity index (χ0) is 10.2. The van der Waals surface area contributed by atoms with E-state index in [0.717, 1.165) is 16.5 Å². The Bertz CT molecular complexity index is 505. The molecule has 0 atom stereocenters. The van der Waals surface area contributed by atoms with Crippen molar-refractivity contribution in [2.75, 3.05) is 0 Å². The van der Waals surface area contributed by atoms with Crippen LogP contribution in [0.2, 0.25) is 0 Å². The third-order valence-electron chi connectivity index (χ3n) is 2.36. The van der Waals surface area contributed by atoms with Crippen molar-refractivity contribution in [3.05, 3.63) is 30.0 Å². The van der Waals surface area contributed by atoms with Crippen molar-refractivity contribution in [1.82, 2.24) is 5.16 Å². The summed E-state index contributed by atoms with van der Waals surface area (Å²) in [6, 6.07) is 8.00. The SMILES string of the molecule is CC(C)(C#N)c1ccc2conc2c1. The second-order valence-corrected chi connectivity index (χ2v) is 3.82. The number of fused-ring (bicyclic) bond motifs is 1.